The molecule has 0 spiro atoms. The summed E-state index contributed by atoms with van der Waals surface area (Å²) in [6.45, 7) is 6.16. The van der Waals surface area contributed by atoms with E-state index in [0.717, 1.165) is 32.4 Å². The Hall–Kier alpha value is -0.610. The van der Waals surface area contributed by atoms with Gasteiger partial charge in [-0.25, -0.2) is 0 Å². The van der Waals surface area contributed by atoms with Crippen LogP contribution in [0.5, 0.6) is 0 Å². The summed E-state index contributed by atoms with van der Waals surface area (Å²) >= 11 is 0. The number of likely N-dealkylation sites (N-methyl/N-ethyl adjacent to an activating group) is 1. The molecule has 0 aromatic carbocycles. The molecule has 0 aromatic rings. The number of nitrogens with zero attached hydrogens (tertiary/aromatic N) is 1. The lowest BCUT2D eigenvalue weighted by Crippen LogP contribution is -2.46. The molecule has 0 aromatic heterocycles. The SMILES string of the molecule is CC(C)CC(CNC(=O)[C@H]1CCCN1)N(C)C. The fourth-order valence-electron chi connectivity index (χ4n) is 2.27. The highest BCUT2D eigenvalue weighted by molar-refractivity contribution is 5.82. The van der Waals surface area contributed by atoms with Crippen LogP contribution in [0.25, 0.3) is 0 Å². The van der Waals surface area contributed by atoms with Gasteiger partial charge in [-0.3, -0.25) is 4.79 Å². The van der Waals surface area contributed by atoms with Crippen molar-refractivity contribution in [3.05, 3.63) is 0 Å². The fraction of sp³-hybridized carbons (Fsp3) is 0.923. The predicted molar refractivity (Wildman–Crippen MR) is 71.0 cm³/mol. The van der Waals surface area contributed by atoms with E-state index in [1.54, 1.807) is 0 Å². The van der Waals surface area contributed by atoms with Crippen molar-refractivity contribution in [2.24, 2.45) is 5.92 Å². The highest BCUT2D eigenvalue weighted by Gasteiger charge is 2.23. The van der Waals surface area contributed by atoms with Gasteiger partial charge in [-0.1, -0.05) is 13.8 Å². The van der Waals surface area contributed by atoms with Crippen molar-refractivity contribution < 1.29 is 4.79 Å². The Morgan fingerprint density at radius 1 is 1.47 bits per heavy atom. The molecule has 17 heavy (non-hydrogen) atoms. The zero-order valence-corrected chi connectivity index (χ0v) is 11.6. The van der Waals surface area contributed by atoms with Crippen molar-refractivity contribution in [2.75, 3.05) is 27.2 Å². The third-order valence-corrected chi connectivity index (χ3v) is 3.36. The van der Waals surface area contributed by atoms with Gasteiger partial charge in [-0.15, -0.1) is 0 Å². The van der Waals surface area contributed by atoms with E-state index in [1.165, 1.54) is 0 Å². The largest absolute Gasteiger partial charge is 0.353 e. The molecule has 4 heteroatoms. The molecule has 2 atom stereocenters. The highest BCUT2D eigenvalue weighted by atomic mass is 16.2. The lowest BCUT2D eigenvalue weighted by atomic mass is 10.0. The normalized spacial score (nSPS) is 22.1. The van der Waals surface area contributed by atoms with E-state index in [0.29, 0.717) is 12.0 Å². The predicted octanol–water partition coefficient (Wildman–Crippen LogP) is 0.831. The van der Waals surface area contributed by atoms with Crippen molar-refractivity contribution >= 4 is 5.91 Å². The number of carbonyl (C=O) groups excluding carboxylic acids is 1. The number of rotatable bonds is 6. The third kappa shape index (κ3) is 5.04. The molecule has 0 radical (unpaired) electrons. The topological polar surface area (TPSA) is 44.4 Å². The van der Waals surface area contributed by atoms with Gasteiger partial charge in [0.1, 0.15) is 0 Å². The van der Waals surface area contributed by atoms with Crippen molar-refractivity contribution in [2.45, 2.75) is 45.2 Å². The third-order valence-electron chi connectivity index (χ3n) is 3.36. The number of nitrogens with one attached hydrogen (secondary N) is 2. The van der Waals surface area contributed by atoms with E-state index in [1.807, 2.05) is 0 Å². The molecule has 1 saturated heterocycles. The lowest BCUT2D eigenvalue weighted by molar-refractivity contribution is -0.123. The van der Waals surface area contributed by atoms with E-state index >= 15 is 0 Å². The maximum absolute atomic E-state index is 11.9. The van der Waals surface area contributed by atoms with Gasteiger partial charge >= 0.3 is 0 Å². The van der Waals surface area contributed by atoms with Gasteiger partial charge in [0.2, 0.25) is 5.91 Å². The second-order valence-corrected chi connectivity index (χ2v) is 5.64. The maximum atomic E-state index is 11.9. The Kier molecular flexibility index (Phi) is 5.92. The van der Waals surface area contributed by atoms with Crippen LogP contribution < -0.4 is 10.6 Å². The van der Waals surface area contributed by atoms with Crippen LogP contribution in [0.2, 0.25) is 0 Å². The Bertz CT molecular complexity index is 235. The molecule has 1 amide bonds. The average Bonchev–Trinajstić information content (AvgIpc) is 2.76. The zero-order chi connectivity index (χ0) is 12.8. The smallest absolute Gasteiger partial charge is 0.237 e. The van der Waals surface area contributed by atoms with Crippen LogP contribution in [0.15, 0.2) is 0 Å². The molecule has 1 fully saturated rings. The second-order valence-electron chi connectivity index (χ2n) is 5.64. The summed E-state index contributed by atoms with van der Waals surface area (Å²) in [4.78, 5) is 14.1. The molecule has 100 valence electrons. The first kappa shape index (κ1) is 14.5. The van der Waals surface area contributed by atoms with Crippen LogP contribution in [-0.4, -0.2) is 50.1 Å². The maximum Gasteiger partial charge on any atom is 0.237 e. The zero-order valence-electron chi connectivity index (χ0n) is 11.6. The van der Waals surface area contributed by atoms with Crippen LogP contribution in [0.4, 0.5) is 0 Å². The van der Waals surface area contributed by atoms with Gasteiger partial charge in [-0.05, 0) is 45.8 Å². The molecule has 1 unspecified atom stereocenters. The molecule has 2 N–H and O–H groups in total. The van der Waals surface area contributed by atoms with Crippen molar-refractivity contribution in [1.82, 2.24) is 15.5 Å². The molecule has 0 saturated carbocycles. The van der Waals surface area contributed by atoms with E-state index in [4.69, 9.17) is 0 Å². The minimum atomic E-state index is 0.0388. The molecule has 1 rings (SSSR count). The van der Waals surface area contributed by atoms with E-state index in [2.05, 4.69) is 43.5 Å². The summed E-state index contributed by atoms with van der Waals surface area (Å²) in [6, 6.07) is 0.470. The van der Waals surface area contributed by atoms with Crippen molar-refractivity contribution in [3.63, 3.8) is 0 Å². The first-order chi connectivity index (χ1) is 8.00. The molecule has 0 bridgehead atoms. The van der Waals surface area contributed by atoms with Gasteiger partial charge in [0.15, 0.2) is 0 Å². The van der Waals surface area contributed by atoms with E-state index < -0.39 is 0 Å². The molecule has 1 aliphatic heterocycles. The Morgan fingerprint density at radius 3 is 2.65 bits per heavy atom. The van der Waals surface area contributed by atoms with Gasteiger partial charge in [0.05, 0.1) is 6.04 Å². The summed E-state index contributed by atoms with van der Waals surface area (Å²) in [7, 11) is 4.15. The molecular weight excluding hydrogens is 214 g/mol. The molecule has 4 nitrogen and oxygen atoms in total. The van der Waals surface area contributed by atoms with Gasteiger partial charge < -0.3 is 15.5 Å². The standard InChI is InChI=1S/C13H27N3O/c1-10(2)8-11(16(3)4)9-15-13(17)12-6-5-7-14-12/h10-12,14H,5-9H2,1-4H3,(H,15,17)/t11?,12-/m1/s1. The first-order valence-corrected chi connectivity index (χ1v) is 6.68. The van der Waals surface area contributed by atoms with Gasteiger partial charge in [-0.2, -0.15) is 0 Å². The van der Waals surface area contributed by atoms with Crippen LogP contribution in [0.3, 0.4) is 0 Å². The molecule has 1 aliphatic rings. The summed E-state index contributed by atoms with van der Waals surface area (Å²) in [5, 5.41) is 6.29. The van der Waals surface area contributed by atoms with Crippen LogP contribution >= 0.6 is 0 Å². The van der Waals surface area contributed by atoms with E-state index in [9.17, 15) is 4.79 Å². The van der Waals surface area contributed by atoms with Gasteiger partial charge in [0.25, 0.3) is 0 Å². The fourth-order valence-corrected chi connectivity index (χ4v) is 2.27. The number of hydrogen-bond acceptors (Lipinski definition) is 3. The first-order valence-electron chi connectivity index (χ1n) is 6.68. The summed E-state index contributed by atoms with van der Waals surface area (Å²) in [6.07, 6.45) is 3.20. The van der Waals surface area contributed by atoms with Crippen molar-refractivity contribution in [3.8, 4) is 0 Å². The lowest BCUT2D eigenvalue weighted by Gasteiger charge is -2.26. The Balaban J connectivity index is 2.32. The van der Waals surface area contributed by atoms with Crippen LogP contribution in [-0.2, 0) is 4.79 Å². The van der Waals surface area contributed by atoms with Crippen LogP contribution in [0, 0.1) is 5.92 Å². The average molecular weight is 241 g/mol. The quantitative estimate of drug-likeness (QED) is 0.724. The Labute approximate surface area is 105 Å². The van der Waals surface area contributed by atoms with Crippen molar-refractivity contribution in [1.29, 1.82) is 0 Å². The summed E-state index contributed by atoms with van der Waals surface area (Å²) in [5.74, 6) is 0.821. The summed E-state index contributed by atoms with van der Waals surface area (Å²) < 4.78 is 0. The van der Waals surface area contributed by atoms with Crippen LogP contribution in [0.1, 0.15) is 33.1 Å². The monoisotopic (exact) mass is 241 g/mol. The molecule has 0 aliphatic carbocycles. The molecular formula is C13H27N3O. The number of carbonyl (C=O) groups is 1. The van der Waals surface area contributed by atoms with Gasteiger partial charge in [0, 0.05) is 12.6 Å². The minimum absolute atomic E-state index is 0.0388. The minimum Gasteiger partial charge on any atom is -0.353 e. The highest BCUT2D eigenvalue weighted by Crippen LogP contribution is 2.09. The number of hydrogen-bond donors (Lipinski definition) is 2. The Morgan fingerprint density at radius 2 is 2.18 bits per heavy atom. The molecule has 1 heterocycles. The van der Waals surface area contributed by atoms with E-state index in [-0.39, 0.29) is 11.9 Å². The summed E-state index contributed by atoms with van der Waals surface area (Å²) in [5.41, 5.74) is 0. The number of amides is 1. The second kappa shape index (κ2) is 6.97.